The van der Waals surface area contributed by atoms with Crippen molar-refractivity contribution in [3.8, 4) is 0 Å². The maximum absolute atomic E-state index is 12.4. The van der Waals surface area contributed by atoms with E-state index in [0.29, 0.717) is 13.2 Å². The van der Waals surface area contributed by atoms with Crippen molar-refractivity contribution in [2.75, 3.05) is 39.4 Å². The molecule has 0 aliphatic heterocycles. The molecule has 1 atom stereocenters. The monoisotopic (exact) mass is 819 g/mol. The van der Waals surface area contributed by atoms with Crippen molar-refractivity contribution in [3.05, 3.63) is 35.9 Å². The molecule has 0 fully saturated rings. The van der Waals surface area contributed by atoms with Crippen LogP contribution >= 0.6 is 0 Å². The van der Waals surface area contributed by atoms with Gasteiger partial charge in [-0.15, -0.1) is 0 Å². The Balaban J connectivity index is 0.0000160. The largest absolute Gasteiger partial charge is 0.529 e. The van der Waals surface area contributed by atoms with Gasteiger partial charge in [0.2, 0.25) is 23.6 Å². The van der Waals surface area contributed by atoms with Gasteiger partial charge in [-0.2, -0.15) is 6.41 Å². The first-order valence-corrected chi connectivity index (χ1v) is 12.8. The van der Waals surface area contributed by atoms with Gasteiger partial charge in [-0.25, -0.2) is 0 Å². The predicted molar refractivity (Wildman–Crippen MR) is 145 cm³/mol. The number of carboxylic acids is 1. The molecule has 6 N–H and O–H groups in total. The van der Waals surface area contributed by atoms with Crippen LogP contribution in [-0.2, 0) is 39.9 Å². The Labute approximate surface area is 234 Å². The number of amides is 5. The zero-order valence-corrected chi connectivity index (χ0v) is 26.1. The maximum Gasteiger partial charge on any atom is 0.322 e. The summed E-state index contributed by atoms with van der Waals surface area (Å²) in [5.74, 6) is -3.54. The minimum Gasteiger partial charge on any atom is -0.529 e. The number of hydrogen-bond donors (Lipinski definition) is 6. The van der Waals surface area contributed by atoms with Gasteiger partial charge in [0.05, 0.1) is 26.3 Å². The maximum atomic E-state index is 12.4. The van der Waals surface area contributed by atoms with Crippen molar-refractivity contribution in [2.24, 2.45) is 10.8 Å². The third kappa shape index (κ3) is 16.5. The average Bonchev–Trinajstić information content (AvgIpc) is 2.87. The van der Waals surface area contributed by atoms with Crippen LogP contribution in [0.15, 0.2) is 30.3 Å². The van der Waals surface area contributed by atoms with Crippen LogP contribution in [0.1, 0.15) is 39.7 Å². The van der Waals surface area contributed by atoms with Crippen LogP contribution in [-0.4, -0.2) is 86.5 Å². The number of carboxylic acid groups (broad SMARTS) is 1. The molecule has 234 valence electrons. The van der Waals surface area contributed by atoms with Crippen LogP contribution in [0.4, 0.5) is 0 Å². The summed E-state index contributed by atoms with van der Waals surface area (Å²) in [7, 11) is 0. The minimum absolute atomic E-state index is 0. The number of ether oxygens (including phenoxy) is 1. The summed E-state index contributed by atoms with van der Waals surface area (Å²) in [6.07, 6.45) is 1.84. The second-order valence-corrected chi connectivity index (χ2v) is 10.9. The Kier molecular flexibility index (Phi) is 15.4. The van der Waals surface area contributed by atoms with E-state index in [4.69, 9.17) is 9.84 Å². The normalized spacial score (nSPS) is 11.7. The quantitative estimate of drug-likeness (QED) is 0.0778. The summed E-state index contributed by atoms with van der Waals surface area (Å²) >= 11 is 0. The molecule has 0 aromatic heterocycles. The molecular weight excluding hydrogens is 779 g/mol. The second kappa shape index (κ2) is 17.6. The first kappa shape index (κ1) is 36.0. The Hall–Kier alpha value is -5.00. The molecule has 0 saturated carbocycles. The van der Waals surface area contributed by atoms with Gasteiger partial charge in [-0.1, -0.05) is 58.0 Å². The molecule has 0 unspecified atom stereocenters. The number of nitrogens with one attached hydrogen (secondary N) is 5. The van der Waals surface area contributed by atoms with Gasteiger partial charge in [0.15, 0.2) is 0 Å². The topological polar surface area (TPSA) is 192 Å². The SMILES string of the molecule is CC(C)(CN[C-]=O)COCC(C)(C)CC(=O)NCC(=O)NCC(=O)N[C@@H](Cc1ccccc1)C(=O)NCC(=O)O.[Fm]. The number of rotatable bonds is 19. The summed E-state index contributed by atoms with van der Waals surface area (Å²) in [5, 5.41) is 20.9. The van der Waals surface area contributed by atoms with Crippen LogP contribution < -0.4 is 26.6 Å². The van der Waals surface area contributed by atoms with Crippen LogP contribution in [0.5, 0.6) is 0 Å². The third-order valence-corrected chi connectivity index (χ3v) is 5.50. The molecule has 0 radical (unpaired) electrons. The van der Waals surface area contributed by atoms with E-state index in [-0.39, 0.29) is 37.3 Å². The number of hydrogen-bond acceptors (Lipinski definition) is 7. The molecule has 13 nitrogen and oxygen atoms in total. The summed E-state index contributed by atoms with van der Waals surface area (Å²) < 4.78 is 5.73. The number of carbonyl (C=O) groups excluding carboxylic acids is 5. The molecule has 41 heavy (non-hydrogen) atoms. The molecule has 0 saturated heterocycles. The van der Waals surface area contributed by atoms with E-state index in [0.717, 1.165) is 5.56 Å². The summed E-state index contributed by atoms with van der Waals surface area (Å²) in [6.45, 7) is 7.19. The molecule has 0 spiro atoms. The molecule has 1 aromatic rings. The first-order chi connectivity index (χ1) is 18.7. The van der Waals surface area contributed by atoms with E-state index >= 15 is 0 Å². The average molecular weight is 820 g/mol. The Morgan fingerprint density at radius 3 is 2.05 bits per heavy atom. The molecule has 0 aliphatic rings. The van der Waals surface area contributed by atoms with Gasteiger partial charge in [0.1, 0.15) is 12.6 Å². The van der Waals surface area contributed by atoms with Crippen molar-refractivity contribution in [1.82, 2.24) is 26.6 Å². The van der Waals surface area contributed by atoms with Crippen molar-refractivity contribution < 1.29 is 38.6 Å². The molecule has 5 amide bonds. The van der Waals surface area contributed by atoms with E-state index in [1.807, 2.05) is 27.7 Å². The molecular formula is C27H40FmN5O8-. The number of aliphatic carboxylic acids is 1. The van der Waals surface area contributed by atoms with E-state index < -0.39 is 48.2 Å². The first-order valence-electron chi connectivity index (χ1n) is 12.8. The zero-order chi connectivity index (χ0) is 30.2. The fourth-order valence-corrected chi connectivity index (χ4v) is 3.49. The van der Waals surface area contributed by atoms with E-state index in [9.17, 15) is 28.8 Å². The predicted octanol–water partition coefficient (Wildman–Crippen LogP) is -0.737. The van der Waals surface area contributed by atoms with Crippen molar-refractivity contribution >= 4 is 36.0 Å². The summed E-state index contributed by atoms with van der Waals surface area (Å²) in [4.78, 5) is 70.5. The van der Waals surface area contributed by atoms with Gasteiger partial charge in [-0.05, 0) is 17.5 Å². The summed E-state index contributed by atoms with van der Waals surface area (Å²) in [5.41, 5.74) is -0.0738. The smallest absolute Gasteiger partial charge is 0.322 e. The molecule has 0 bridgehead atoms. The van der Waals surface area contributed by atoms with E-state index in [1.165, 1.54) is 0 Å². The van der Waals surface area contributed by atoms with Crippen LogP contribution in [0.2, 0.25) is 0 Å². The van der Waals surface area contributed by atoms with Gasteiger partial charge in [-0.3, -0.25) is 24.0 Å². The molecule has 0 aliphatic carbocycles. The number of benzene rings is 1. The molecule has 0 heterocycles. The number of carbonyl (C=O) groups is 5. The molecule has 1 rings (SSSR count). The van der Waals surface area contributed by atoms with Gasteiger partial charge < -0.3 is 41.2 Å². The Morgan fingerprint density at radius 2 is 1.44 bits per heavy atom. The summed E-state index contributed by atoms with van der Waals surface area (Å²) in [6, 6.07) is 7.79. The molecule has 1 aromatic carbocycles. The van der Waals surface area contributed by atoms with Crippen molar-refractivity contribution in [2.45, 2.75) is 46.6 Å². The van der Waals surface area contributed by atoms with Crippen molar-refractivity contribution in [1.29, 1.82) is 0 Å². The van der Waals surface area contributed by atoms with Gasteiger partial charge >= 0.3 is 5.97 Å². The van der Waals surface area contributed by atoms with E-state index in [1.54, 1.807) is 36.7 Å². The standard InChI is InChI=1S/C27H40N5O8.Fm/c1-26(2,16-40-17-27(3,4)15-28-18-33)11-21(34)29-12-22(35)30-13-23(36)32-20(25(39)31-14-24(37)38)10-19-8-6-5-7-9-19;/h5-9,20H,10-17H2,1-4H3,(H,28,33)(H,29,34)(H,30,35)(H,31,39)(H,32,36)(H,37,38);/q-1;/t20-;/m0./s1. The Morgan fingerprint density at radius 1 is 0.854 bits per heavy atom. The fraction of sp³-hybridized carbons (Fsp3) is 0.556. The van der Waals surface area contributed by atoms with Crippen LogP contribution in [0.25, 0.3) is 0 Å². The fourth-order valence-electron chi connectivity index (χ4n) is 3.49. The van der Waals surface area contributed by atoms with Crippen LogP contribution in [0.3, 0.4) is 0 Å². The second-order valence-electron chi connectivity index (χ2n) is 10.9. The van der Waals surface area contributed by atoms with Crippen LogP contribution in [0, 0.1) is 10.8 Å². The third-order valence-electron chi connectivity index (χ3n) is 5.50. The zero-order valence-electron chi connectivity index (χ0n) is 23.7. The minimum atomic E-state index is -1.23. The molecule has 14 heteroatoms. The van der Waals surface area contributed by atoms with Gasteiger partial charge in [0, 0.05) is 18.3 Å². The van der Waals surface area contributed by atoms with E-state index in [2.05, 4.69) is 26.6 Å². The van der Waals surface area contributed by atoms with Crippen molar-refractivity contribution in [3.63, 3.8) is 0 Å². The Bertz CT molecular complexity index is 1020. The van der Waals surface area contributed by atoms with Gasteiger partial charge in [0.25, 0.3) is 0 Å².